The number of piperazine rings is 1. The Bertz CT molecular complexity index is 1110. The Kier molecular flexibility index (Phi) is 5.60. The second-order valence-corrected chi connectivity index (χ2v) is 7.87. The van der Waals surface area contributed by atoms with Crippen LogP contribution in [-0.2, 0) is 0 Å². The lowest BCUT2D eigenvalue weighted by molar-refractivity contribution is 0.102. The van der Waals surface area contributed by atoms with E-state index < -0.39 is 5.82 Å². The first-order valence-corrected chi connectivity index (χ1v) is 10.2. The summed E-state index contributed by atoms with van der Waals surface area (Å²) in [6, 6.07) is 7.19. The summed E-state index contributed by atoms with van der Waals surface area (Å²) >= 11 is 0. The first-order chi connectivity index (χ1) is 14.8. The Morgan fingerprint density at radius 3 is 2.55 bits per heavy atom. The highest BCUT2D eigenvalue weighted by atomic mass is 19.1. The van der Waals surface area contributed by atoms with E-state index in [1.54, 1.807) is 30.9 Å². The second kappa shape index (κ2) is 8.35. The Balaban J connectivity index is 1.71. The van der Waals surface area contributed by atoms with Crippen molar-refractivity contribution in [3.8, 4) is 5.69 Å². The minimum absolute atomic E-state index is 0.0380. The normalized spacial score (nSPS) is 14.6. The van der Waals surface area contributed by atoms with Crippen molar-refractivity contribution in [3.05, 3.63) is 59.2 Å². The van der Waals surface area contributed by atoms with Gasteiger partial charge in [-0.2, -0.15) is 0 Å². The van der Waals surface area contributed by atoms with Crippen molar-refractivity contribution in [1.29, 1.82) is 0 Å². The molecule has 0 aliphatic carbocycles. The maximum atomic E-state index is 14.1. The van der Waals surface area contributed by atoms with Gasteiger partial charge in [-0.05, 0) is 56.3 Å². The standard InChI is InChI=1S/C22H26FN7O/c1-14-15(2)21(23)18(24)13-17(14)22(31)26-19-12-16(30-7-6-25-27-30)4-5-20(19)29-10-8-28(3)9-11-29/h4-7,12-13H,8-11,24H2,1-3H3,(H,26,31). The summed E-state index contributed by atoms with van der Waals surface area (Å²) in [5.74, 6) is -0.821. The number of benzene rings is 2. The van der Waals surface area contributed by atoms with Crippen molar-refractivity contribution in [1.82, 2.24) is 19.9 Å². The number of hydrogen-bond donors (Lipinski definition) is 2. The molecule has 31 heavy (non-hydrogen) atoms. The molecule has 8 nitrogen and oxygen atoms in total. The number of aromatic nitrogens is 3. The third-order valence-electron chi connectivity index (χ3n) is 5.85. The molecule has 3 N–H and O–H groups in total. The summed E-state index contributed by atoms with van der Waals surface area (Å²) in [6.07, 6.45) is 3.34. The number of likely N-dealkylation sites (N-methyl/N-ethyl adjacent to an activating group) is 1. The third-order valence-corrected chi connectivity index (χ3v) is 5.85. The largest absolute Gasteiger partial charge is 0.396 e. The molecule has 2 heterocycles. The van der Waals surface area contributed by atoms with Gasteiger partial charge >= 0.3 is 0 Å². The predicted molar refractivity (Wildman–Crippen MR) is 119 cm³/mol. The highest BCUT2D eigenvalue weighted by Crippen LogP contribution is 2.31. The van der Waals surface area contributed by atoms with E-state index in [9.17, 15) is 9.18 Å². The van der Waals surface area contributed by atoms with Crippen LogP contribution in [0.4, 0.5) is 21.5 Å². The number of nitrogens with zero attached hydrogens (tertiary/aromatic N) is 5. The number of anilines is 3. The van der Waals surface area contributed by atoms with Gasteiger partial charge in [0.25, 0.3) is 5.91 Å². The molecule has 1 amide bonds. The monoisotopic (exact) mass is 423 g/mol. The number of nitrogen functional groups attached to an aromatic ring is 1. The van der Waals surface area contributed by atoms with Crippen molar-refractivity contribution in [3.63, 3.8) is 0 Å². The van der Waals surface area contributed by atoms with Gasteiger partial charge in [0.2, 0.25) is 0 Å². The van der Waals surface area contributed by atoms with Gasteiger partial charge < -0.3 is 20.9 Å². The molecule has 1 saturated heterocycles. The van der Waals surface area contributed by atoms with Crippen LogP contribution in [0.25, 0.3) is 5.69 Å². The Morgan fingerprint density at radius 1 is 1.13 bits per heavy atom. The molecule has 1 aliphatic heterocycles. The first-order valence-electron chi connectivity index (χ1n) is 10.2. The number of amides is 1. The molecule has 162 valence electrons. The van der Waals surface area contributed by atoms with Gasteiger partial charge in [0.15, 0.2) is 0 Å². The lowest BCUT2D eigenvalue weighted by Crippen LogP contribution is -2.44. The molecule has 0 spiro atoms. The van der Waals surface area contributed by atoms with Crippen molar-refractivity contribution < 1.29 is 9.18 Å². The van der Waals surface area contributed by atoms with E-state index in [0.717, 1.165) is 37.6 Å². The van der Waals surface area contributed by atoms with E-state index in [0.29, 0.717) is 22.4 Å². The van der Waals surface area contributed by atoms with Crippen molar-refractivity contribution in [2.75, 3.05) is 49.2 Å². The molecular weight excluding hydrogens is 397 g/mol. The van der Waals surface area contributed by atoms with Gasteiger partial charge in [-0.25, -0.2) is 9.07 Å². The van der Waals surface area contributed by atoms with E-state index in [1.165, 1.54) is 6.07 Å². The number of carbonyl (C=O) groups is 1. The minimum Gasteiger partial charge on any atom is -0.396 e. The fraction of sp³-hybridized carbons (Fsp3) is 0.318. The third kappa shape index (κ3) is 4.09. The topological polar surface area (TPSA) is 92.3 Å². The van der Waals surface area contributed by atoms with Crippen LogP contribution in [0.3, 0.4) is 0 Å². The van der Waals surface area contributed by atoms with Crippen LogP contribution in [0.1, 0.15) is 21.5 Å². The highest BCUT2D eigenvalue weighted by molar-refractivity contribution is 6.07. The molecule has 0 bridgehead atoms. The van der Waals surface area contributed by atoms with Crippen LogP contribution in [0.2, 0.25) is 0 Å². The number of nitrogens with one attached hydrogen (secondary N) is 1. The van der Waals surface area contributed by atoms with Crippen molar-refractivity contribution in [2.45, 2.75) is 13.8 Å². The summed E-state index contributed by atoms with van der Waals surface area (Å²) in [6.45, 7) is 6.92. The summed E-state index contributed by atoms with van der Waals surface area (Å²) in [7, 11) is 2.10. The van der Waals surface area contributed by atoms with Gasteiger partial charge in [-0.15, -0.1) is 5.10 Å². The molecule has 0 unspecified atom stereocenters. The quantitative estimate of drug-likeness (QED) is 0.627. The van der Waals surface area contributed by atoms with Crippen LogP contribution < -0.4 is 16.0 Å². The first kappa shape index (κ1) is 20.8. The number of halogens is 1. The van der Waals surface area contributed by atoms with Gasteiger partial charge in [0.05, 0.1) is 35.1 Å². The van der Waals surface area contributed by atoms with E-state index in [2.05, 4.69) is 32.5 Å². The fourth-order valence-corrected chi connectivity index (χ4v) is 3.77. The molecule has 2 aromatic carbocycles. The minimum atomic E-state index is -0.486. The molecule has 1 aliphatic rings. The zero-order valence-corrected chi connectivity index (χ0v) is 17.9. The second-order valence-electron chi connectivity index (χ2n) is 7.87. The number of nitrogens with two attached hydrogens (primary N) is 1. The molecule has 9 heteroatoms. The molecule has 0 atom stereocenters. The number of rotatable bonds is 4. The van der Waals surface area contributed by atoms with Gasteiger partial charge in [-0.3, -0.25) is 4.79 Å². The summed E-state index contributed by atoms with van der Waals surface area (Å²) in [4.78, 5) is 17.7. The molecular formula is C22H26FN7O. The maximum Gasteiger partial charge on any atom is 0.256 e. The van der Waals surface area contributed by atoms with Crippen LogP contribution in [-0.4, -0.2) is 59.0 Å². The average molecular weight is 423 g/mol. The van der Waals surface area contributed by atoms with Crippen LogP contribution >= 0.6 is 0 Å². The molecule has 0 radical (unpaired) electrons. The molecule has 4 rings (SSSR count). The smallest absolute Gasteiger partial charge is 0.256 e. The van der Waals surface area contributed by atoms with Crippen LogP contribution in [0.15, 0.2) is 36.7 Å². The Labute approximate surface area is 180 Å². The maximum absolute atomic E-state index is 14.1. The SMILES string of the molecule is Cc1c(C(=O)Nc2cc(-n3ccnn3)ccc2N2CCN(C)CC2)cc(N)c(F)c1C. The van der Waals surface area contributed by atoms with Crippen molar-refractivity contribution >= 4 is 23.0 Å². The van der Waals surface area contributed by atoms with Crippen LogP contribution in [0.5, 0.6) is 0 Å². The van der Waals surface area contributed by atoms with E-state index in [1.807, 2.05) is 18.2 Å². The van der Waals surface area contributed by atoms with Gasteiger partial charge in [0.1, 0.15) is 5.82 Å². The fourth-order valence-electron chi connectivity index (χ4n) is 3.77. The van der Waals surface area contributed by atoms with E-state index in [-0.39, 0.29) is 11.6 Å². The summed E-state index contributed by atoms with van der Waals surface area (Å²) in [5.41, 5.74) is 9.40. The van der Waals surface area contributed by atoms with E-state index in [4.69, 9.17) is 5.73 Å². The Morgan fingerprint density at radius 2 is 1.87 bits per heavy atom. The molecule has 0 saturated carbocycles. The summed E-state index contributed by atoms with van der Waals surface area (Å²) < 4.78 is 15.8. The van der Waals surface area contributed by atoms with Crippen LogP contribution in [0, 0.1) is 19.7 Å². The molecule has 1 aromatic heterocycles. The predicted octanol–water partition coefficient (Wildman–Crippen LogP) is 2.61. The zero-order chi connectivity index (χ0) is 22.1. The number of hydrogen-bond acceptors (Lipinski definition) is 6. The summed E-state index contributed by atoms with van der Waals surface area (Å²) in [5, 5.41) is 10.9. The lowest BCUT2D eigenvalue weighted by atomic mass is 10.0. The van der Waals surface area contributed by atoms with Gasteiger partial charge in [0, 0.05) is 31.7 Å². The average Bonchev–Trinajstić information content (AvgIpc) is 3.30. The highest BCUT2D eigenvalue weighted by Gasteiger charge is 2.21. The molecule has 1 fully saturated rings. The van der Waals surface area contributed by atoms with Gasteiger partial charge in [-0.1, -0.05) is 5.21 Å². The Hall–Kier alpha value is -3.46. The van der Waals surface area contributed by atoms with Crippen molar-refractivity contribution in [2.24, 2.45) is 0 Å². The molecule has 3 aromatic rings. The lowest BCUT2D eigenvalue weighted by Gasteiger charge is -2.35. The van der Waals surface area contributed by atoms with E-state index >= 15 is 0 Å². The zero-order valence-electron chi connectivity index (χ0n) is 17.9. The number of carbonyl (C=O) groups excluding carboxylic acids is 1.